The van der Waals surface area contributed by atoms with E-state index in [1.807, 2.05) is 66.7 Å². The summed E-state index contributed by atoms with van der Waals surface area (Å²) in [4.78, 5) is 18.2. The standard InChI is InChI=1S/C21H21ClN2O3/c1-4-26-21(25)14(2)27-19-9-7-18(8-10-19)24(3)20-12-15-5-6-17(22)11-16(15)13-23-20/h5-14H,4H2,1-3H3. The van der Waals surface area contributed by atoms with Gasteiger partial charge in [0.25, 0.3) is 0 Å². The third-order valence-corrected chi connectivity index (χ3v) is 4.40. The molecule has 0 aliphatic carbocycles. The maximum Gasteiger partial charge on any atom is 0.347 e. The molecule has 0 aliphatic rings. The smallest absolute Gasteiger partial charge is 0.347 e. The summed E-state index contributed by atoms with van der Waals surface area (Å²) in [5.74, 6) is 1.05. The first-order chi connectivity index (χ1) is 13.0. The zero-order valence-electron chi connectivity index (χ0n) is 15.5. The number of halogens is 1. The van der Waals surface area contributed by atoms with Crippen LogP contribution in [0.2, 0.25) is 5.02 Å². The van der Waals surface area contributed by atoms with Crippen LogP contribution in [0.15, 0.2) is 54.7 Å². The van der Waals surface area contributed by atoms with Gasteiger partial charge in [-0.25, -0.2) is 9.78 Å². The van der Waals surface area contributed by atoms with Crippen LogP contribution in [0.1, 0.15) is 13.8 Å². The van der Waals surface area contributed by atoms with Gasteiger partial charge in [-0.05, 0) is 61.7 Å². The van der Waals surface area contributed by atoms with E-state index < -0.39 is 6.10 Å². The number of pyridine rings is 1. The first kappa shape index (κ1) is 19.0. The van der Waals surface area contributed by atoms with E-state index in [1.165, 1.54) is 0 Å². The largest absolute Gasteiger partial charge is 0.479 e. The zero-order valence-corrected chi connectivity index (χ0v) is 16.2. The third-order valence-electron chi connectivity index (χ3n) is 4.17. The van der Waals surface area contributed by atoms with Crippen molar-refractivity contribution < 1.29 is 14.3 Å². The highest BCUT2D eigenvalue weighted by Gasteiger charge is 2.15. The number of carbonyl (C=O) groups excluding carboxylic acids is 1. The van der Waals surface area contributed by atoms with Crippen LogP contribution in [-0.2, 0) is 9.53 Å². The van der Waals surface area contributed by atoms with Crippen LogP contribution >= 0.6 is 11.6 Å². The molecule has 1 aromatic heterocycles. The van der Waals surface area contributed by atoms with Crippen molar-refractivity contribution >= 4 is 39.8 Å². The predicted octanol–water partition coefficient (Wildman–Crippen LogP) is 4.99. The van der Waals surface area contributed by atoms with E-state index in [-0.39, 0.29) is 5.97 Å². The average molecular weight is 385 g/mol. The van der Waals surface area contributed by atoms with Gasteiger partial charge in [-0.15, -0.1) is 0 Å². The Labute approximate surface area is 163 Å². The molecule has 3 aromatic rings. The second-order valence-corrected chi connectivity index (χ2v) is 6.54. The summed E-state index contributed by atoms with van der Waals surface area (Å²) >= 11 is 6.03. The molecule has 0 saturated heterocycles. The van der Waals surface area contributed by atoms with E-state index in [4.69, 9.17) is 21.1 Å². The Morgan fingerprint density at radius 1 is 1.15 bits per heavy atom. The van der Waals surface area contributed by atoms with Crippen molar-refractivity contribution in [2.24, 2.45) is 0 Å². The minimum Gasteiger partial charge on any atom is -0.479 e. The van der Waals surface area contributed by atoms with Gasteiger partial charge in [0.2, 0.25) is 0 Å². The van der Waals surface area contributed by atoms with E-state index in [0.717, 1.165) is 22.3 Å². The van der Waals surface area contributed by atoms with Gasteiger partial charge in [0.05, 0.1) is 6.61 Å². The number of hydrogen-bond acceptors (Lipinski definition) is 5. The Bertz CT molecular complexity index is 944. The van der Waals surface area contributed by atoms with Gasteiger partial charge in [0, 0.05) is 29.3 Å². The number of esters is 1. The Morgan fingerprint density at radius 3 is 2.59 bits per heavy atom. The molecule has 0 bridgehead atoms. The summed E-state index contributed by atoms with van der Waals surface area (Å²) in [6.07, 6.45) is 1.16. The van der Waals surface area contributed by atoms with Crippen molar-refractivity contribution in [1.29, 1.82) is 0 Å². The summed E-state index contributed by atoms with van der Waals surface area (Å²) in [6, 6.07) is 15.2. The second kappa shape index (κ2) is 8.27. The summed E-state index contributed by atoms with van der Waals surface area (Å²) in [5.41, 5.74) is 0.951. The van der Waals surface area contributed by atoms with E-state index in [0.29, 0.717) is 17.4 Å². The number of ether oxygens (including phenoxy) is 2. The van der Waals surface area contributed by atoms with Crippen molar-refractivity contribution in [3.8, 4) is 5.75 Å². The van der Waals surface area contributed by atoms with Gasteiger partial charge in [-0.3, -0.25) is 0 Å². The van der Waals surface area contributed by atoms with E-state index in [9.17, 15) is 4.79 Å². The van der Waals surface area contributed by atoms with Crippen LogP contribution < -0.4 is 9.64 Å². The molecule has 5 nitrogen and oxygen atoms in total. The number of fused-ring (bicyclic) bond motifs is 1. The fourth-order valence-corrected chi connectivity index (χ4v) is 2.86. The Balaban J connectivity index is 1.74. The molecule has 1 heterocycles. The molecule has 0 radical (unpaired) electrons. The molecular formula is C21H21ClN2O3. The Morgan fingerprint density at radius 2 is 1.89 bits per heavy atom. The predicted molar refractivity (Wildman–Crippen MR) is 108 cm³/mol. The normalized spacial score (nSPS) is 11.9. The van der Waals surface area contributed by atoms with Gasteiger partial charge < -0.3 is 14.4 Å². The lowest BCUT2D eigenvalue weighted by atomic mass is 10.1. The third kappa shape index (κ3) is 4.49. The molecule has 0 spiro atoms. The number of benzene rings is 2. The van der Waals surface area contributed by atoms with Crippen molar-refractivity contribution in [3.63, 3.8) is 0 Å². The highest BCUT2D eigenvalue weighted by atomic mass is 35.5. The molecular weight excluding hydrogens is 364 g/mol. The molecule has 1 unspecified atom stereocenters. The molecule has 27 heavy (non-hydrogen) atoms. The summed E-state index contributed by atoms with van der Waals surface area (Å²) in [6.45, 7) is 3.77. The SMILES string of the molecule is CCOC(=O)C(C)Oc1ccc(N(C)c2cc3ccc(Cl)cc3cn2)cc1. The summed E-state index contributed by atoms with van der Waals surface area (Å²) in [7, 11) is 1.95. The van der Waals surface area contributed by atoms with Gasteiger partial charge >= 0.3 is 5.97 Å². The Hall–Kier alpha value is -2.79. The first-order valence-electron chi connectivity index (χ1n) is 8.70. The van der Waals surface area contributed by atoms with Gasteiger partial charge in [0.1, 0.15) is 11.6 Å². The van der Waals surface area contributed by atoms with E-state index >= 15 is 0 Å². The van der Waals surface area contributed by atoms with E-state index in [2.05, 4.69) is 4.98 Å². The highest BCUT2D eigenvalue weighted by Crippen LogP contribution is 2.27. The number of aromatic nitrogens is 1. The molecule has 6 heteroatoms. The number of anilines is 2. The average Bonchev–Trinajstić information content (AvgIpc) is 2.67. The van der Waals surface area contributed by atoms with Gasteiger partial charge in [-0.1, -0.05) is 17.7 Å². The maximum atomic E-state index is 11.7. The monoisotopic (exact) mass is 384 g/mol. The molecule has 0 N–H and O–H groups in total. The summed E-state index contributed by atoms with van der Waals surface area (Å²) < 4.78 is 10.6. The minimum atomic E-state index is -0.650. The van der Waals surface area contributed by atoms with Gasteiger partial charge in [0.15, 0.2) is 6.10 Å². The van der Waals surface area contributed by atoms with E-state index in [1.54, 1.807) is 13.8 Å². The number of hydrogen-bond donors (Lipinski definition) is 0. The molecule has 140 valence electrons. The van der Waals surface area contributed by atoms with Crippen LogP contribution in [0, 0.1) is 0 Å². The Kier molecular flexibility index (Phi) is 5.81. The quantitative estimate of drug-likeness (QED) is 0.560. The highest BCUT2D eigenvalue weighted by molar-refractivity contribution is 6.31. The summed E-state index contributed by atoms with van der Waals surface area (Å²) in [5, 5.41) is 2.76. The zero-order chi connectivity index (χ0) is 19.4. The molecule has 1 atom stereocenters. The molecule has 3 rings (SSSR count). The van der Waals surface area contributed by atoms with Crippen molar-refractivity contribution in [2.75, 3.05) is 18.6 Å². The van der Waals surface area contributed by atoms with Crippen LogP contribution in [0.4, 0.5) is 11.5 Å². The molecule has 2 aromatic carbocycles. The van der Waals surface area contributed by atoms with Crippen LogP contribution in [0.3, 0.4) is 0 Å². The minimum absolute atomic E-state index is 0.335. The fraction of sp³-hybridized carbons (Fsp3) is 0.238. The van der Waals surface area contributed by atoms with Gasteiger partial charge in [-0.2, -0.15) is 0 Å². The molecule has 0 fully saturated rings. The van der Waals surface area contributed by atoms with Crippen molar-refractivity contribution in [2.45, 2.75) is 20.0 Å². The topological polar surface area (TPSA) is 51.7 Å². The lowest BCUT2D eigenvalue weighted by Gasteiger charge is -2.20. The lowest BCUT2D eigenvalue weighted by Crippen LogP contribution is -2.26. The van der Waals surface area contributed by atoms with Crippen LogP contribution in [0.25, 0.3) is 10.8 Å². The van der Waals surface area contributed by atoms with Crippen molar-refractivity contribution in [1.82, 2.24) is 4.98 Å². The van der Waals surface area contributed by atoms with Crippen LogP contribution in [-0.4, -0.2) is 30.7 Å². The number of rotatable bonds is 6. The maximum absolute atomic E-state index is 11.7. The molecule has 0 amide bonds. The molecule has 0 saturated carbocycles. The fourth-order valence-electron chi connectivity index (χ4n) is 2.68. The van der Waals surface area contributed by atoms with Crippen molar-refractivity contribution in [3.05, 3.63) is 59.8 Å². The number of carbonyl (C=O) groups is 1. The number of nitrogens with zero attached hydrogens (tertiary/aromatic N) is 2. The lowest BCUT2D eigenvalue weighted by molar-refractivity contribution is -0.150. The first-order valence-corrected chi connectivity index (χ1v) is 9.08. The second-order valence-electron chi connectivity index (χ2n) is 6.10. The molecule has 0 aliphatic heterocycles. The van der Waals surface area contributed by atoms with Crippen LogP contribution in [0.5, 0.6) is 5.75 Å².